The molecule has 5 heteroatoms. The first kappa shape index (κ1) is 20.7. The Morgan fingerprint density at radius 2 is 1.65 bits per heavy atom. The van der Waals surface area contributed by atoms with Crippen LogP contribution in [0.3, 0.4) is 0 Å². The van der Waals surface area contributed by atoms with Gasteiger partial charge in [-0.25, -0.2) is 0 Å². The van der Waals surface area contributed by atoms with E-state index in [9.17, 15) is 9.59 Å². The van der Waals surface area contributed by atoms with Crippen LogP contribution in [0, 0.1) is 6.92 Å². The first-order valence-corrected chi connectivity index (χ1v) is 11.8. The molecular weight excluding hydrogens is 422 g/mol. The van der Waals surface area contributed by atoms with E-state index in [0.717, 1.165) is 33.3 Å². The number of nitrogens with zero attached hydrogens (tertiary/aromatic N) is 2. The van der Waals surface area contributed by atoms with E-state index in [1.807, 2.05) is 55.5 Å². The number of hydrogen-bond acceptors (Lipinski definition) is 2. The van der Waals surface area contributed by atoms with Crippen LogP contribution in [0.2, 0.25) is 0 Å². The lowest BCUT2D eigenvalue weighted by atomic mass is 9.76. The average molecular weight is 450 g/mol. The Kier molecular flexibility index (Phi) is 4.63. The number of aromatic nitrogens is 1. The molecule has 0 bridgehead atoms. The van der Waals surface area contributed by atoms with Crippen LogP contribution in [-0.4, -0.2) is 39.7 Å². The molecule has 2 aliphatic rings. The highest BCUT2D eigenvalue weighted by atomic mass is 16.2. The Morgan fingerprint density at radius 1 is 0.941 bits per heavy atom. The second-order valence-corrected chi connectivity index (χ2v) is 9.65. The third kappa shape index (κ3) is 3.00. The molecule has 170 valence electrons. The number of aryl methyl sites for hydroxylation is 1. The fourth-order valence-electron chi connectivity index (χ4n) is 5.71. The second kappa shape index (κ2) is 7.59. The lowest BCUT2D eigenvalue weighted by molar-refractivity contribution is -0.166. The number of H-pyrrole nitrogens is 1. The maximum absolute atomic E-state index is 14.1. The number of carbonyl (C=O) groups excluding carboxylic acids is 2. The highest BCUT2D eigenvalue weighted by Crippen LogP contribution is 2.48. The minimum absolute atomic E-state index is 0.00255. The number of hydrogen-bond donors (Lipinski definition) is 1. The summed E-state index contributed by atoms with van der Waals surface area (Å²) in [4.78, 5) is 34.7. The number of fused-ring (bicyclic) bond motifs is 5. The lowest BCUT2D eigenvalue weighted by Gasteiger charge is -2.51. The molecule has 2 amide bonds. The third-order valence-electron chi connectivity index (χ3n) is 7.51. The standard InChI is InChI=1S/C29H27N3O2/c1-19-12-14-21(15-13-19)23-17-32-25(33)18-31(16-20-8-4-3-5-9-20)28(34)29(32,2)27-26(23)22-10-6-7-11-24(22)30-27/h3-15,23,30H,16-18H2,1-2H3/t23?,29-/m0/s1. The van der Waals surface area contributed by atoms with Crippen molar-refractivity contribution in [1.29, 1.82) is 0 Å². The van der Waals surface area contributed by atoms with Crippen molar-refractivity contribution >= 4 is 22.7 Å². The van der Waals surface area contributed by atoms with Crippen molar-refractivity contribution in [2.24, 2.45) is 0 Å². The Morgan fingerprint density at radius 3 is 2.41 bits per heavy atom. The van der Waals surface area contributed by atoms with Gasteiger partial charge < -0.3 is 14.8 Å². The van der Waals surface area contributed by atoms with Crippen LogP contribution >= 0.6 is 0 Å². The van der Waals surface area contributed by atoms with Gasteiger partial charge in [-0.05, 0) is 36.6 Å². The average Bonchev–Trinajstić information content (AvgIpc) is 3.25. The Balaban J connectivity index is 1.52. The molecule has 0 aliphatic carbocycles. The summed E-state index contributed by atoms with van der Waals surface area (Å²) in [5.41, 5.74) is 5.26. The van der Waals surface area contributed by atoms with Crippen LogP contribution in [0.5, 0.6) is 0 Å². The van der Waals surface area contributed by atoms with Crippen molar-refractivity contribution in [3.05, 3.63) is 107 Å². The van der Waals surface area contributed by atoms with Gasteiger partial charge >= 0.3 is 0 Å². The van der Waals surface area contributed by atoms with Gasteiger partial charge in [0.1, 0.15) is 6.54 Å². The summed E-state index contributed by atoms with van der Waals surface area (Å²) in [7, 11) is 0. The van der Waals surface area contributed by atoms with E-state index in [2.05, 4.69) is 42.2 Å². The number of piperazine rings is 1. The number of nitrogens with one attached hydrogen (secondary N) is 1. The molecule has 6 rings (SSSR count). The second-order valence-electron chi connectivity index (χ2n) is 9.65. The number of para-hydroxylation sites is 1. The predicted octanol–water partition coefficient (Wildman–Crippen LogP) is 4.71. The maximum Gasteiger partial charge on any atom is 0.255 e. The molecule has 0 saturated carbocycles. The summed E-state index contributed by atoms with van der Waals surface area (Å²) in [5, 5.41) is 1.12. The van der Waals surface area contributed by atoms with E-state index >= 15 is 0 Å². The SMILES string of the molecule is Cc1ccc(C2CN3C(=O)CN(Cc4ccccc4)C(=O)[C@]3(C)c3[nH]c4ccccc4c32)cc1. The number of amides is 2. The molecule has 2 aliphatic heterocycles. The fraction of sp³-hybridized carbons (Fsp3) is 0.241. The number of benzene rings is 3. The van der Waals surface area contributed by atoms with Gasteiger partial charge in [0.2, 0.25) is 5.91 Å². The molecule has 0 radical (unpaired) electrons. The van der Waals surface area contributed by atoms with E-state index in [0.29, 0.717) is 13.1 Å². The van der Waals surface area contributed by atoms with Crippen molar-refractivity contribution in [3.63, 3.8) is 0 Å². The van der Waals surface area contributed by atoms with Gasteiger partial charge in [0.25, 0.3) is 5.91 Å². The molecule has 1 saturated heterocycles. The van der Waals surface area contributed by atoms with Gasteiger partial charge in [-0.3, -0.25) is 9.59 Å². The third-order valence-corrected chi connectivity index (χ3v) is 7.51. The van der Waals surface area contributed by atoms with Crippen LogP contribution in [0.4, 0.5) is 0 Å². The van der Waals surface area contributed by atoms with Crippen LogP contribution in [0.15, 0.2) is 78.9 Å². The van der Waals surface area contributed by atoms with Crippen molar-refractivity contribution < 1.29 is 9.59 Å². The zero-order valence-corrected chi connectivity index (χ0v) is 19.4. The van der Waals surface area contributed by atoms with Gasteiger partial charge in [0.05, 0.1) is 5.69 Å². The summed E-state index contributed by atoms with van der Waals surface area (Å²) in [6.07, 6.45) is 0. The van der Waals surface area contributed by atoms with Crippen LogP contribution in [0.25, 0.3) is 10.9 Å². The van der Waals surface area contributed by atoms with Gasteiger partial charge in [-0.1, -0.05) is 78.4 Å². The zero-order valence-electron chi connectivity index (χ0n) is 19.4. The Hall–Kier alpha value is -3.86. The summed E-state index contributed by atoms with van der Waals surface area (Å²) >= 11 is 0. The normalized spacial score (nSPS) is 22.1. The van der Waals surface area contributed by atoms with Crippen LogP contribution in [0.1, 0.15) is 40.8 Å². The first-order chi connectivity index (χ1) is 16.5. The molecule has 1 unspecified atom stereocenters. The Labute approximate surface area is 199 Å². The largest absolute Gasteiger partial charge is 0.356 e. The van der Waals surface area contributed by atoms with Crippen LogP contribution < -0.4 is 0 Å². The molecule has 0 spiro atoms. The topological polar surface area (TPSA) is 56.4 Å². The van der Waals surface area contributed by atoms with E-state index in [1.54, 1.807) is 9.80 Å². The van der Waals surface area contributed by atoms with Crippen molar-refractivity contribution in [3.8, 4) is 0 Å². The molecule has 34 heavy (non-hydrogen) atoms. The quantitative estimate of drug-likeness (QED) is 0.493. The van der Waals surface area contributed by atoms with Crippen molar-refractivity contribution in [1.82, 2.24) is 14.8 Å². The summed E-state index contributed by atoms with van der Waals surface area (Å²) < 4.78 is 0. The lowest BCUT2D eigenvalue weighted by Crippen LogP contribution is -2.67. The van der Waals surface area contributed by atoms with E-state index in [-0.39, 0.29) is 24.3 Å². The first-order valence-electron chi connectivity index (χ1n) is 11.8. The number of carbonyl (C=O) groups is 2. The molecule has 3 aromatic carbocycles. The van der Waals surface area contributed by atoms with E-state index in [1.165, 1.54) is 5.56 Å². The molecule has 1 fully saturated rings. The number of rotatable bonds is 3. The number of aromatic amines is 1. The molecule has 1 aromatic heterocycles. The predicted molar refractivity (Wildman–Crippen MR) is 132 cm³/mol. The van der Waals surface area contributed by atoms with Crippen molar-refractivity contribution in [2.45, 2.75) is 31.8 Å². The van der Waals surface area contributed by atoms with E-state index in [4.69, 9.17) is 0 Å². The highest BCUT2D eigenvalue weighted by Gasteiger charge is 2.56. The fourth-order valence-corrected chi connectivity index (χ4v) is 5.71. The summed E-state index contributed by atoms with van der Waals surface area (Å²) in [6, 6.07) is 26.6. The minimum atomic E-state index is -1.07. The monoisotopic (exact) mass is 449 g/mol. The van der Waals surface area contributed by atoms with Gasteiger partial charge in [-0.15, -0.1) is 0 Å². The molecule has 5 nitrogen and oxygen atoms in total. The smallest absolute Gasteiger partial charge is 0.255 e. The minimum Gasteiger partial charge on any atom is -0.356 e. The molecule has 4 aromatic rings. The van der Waals surface area contributed by atoms with Gasteiger partial charge in [0.15, 0.2) is 5.54 Å². The summed E-state index contributed by atoms with van der Waals surface area (Å²) in [6.45, 7) is 4.99. The zero-order chi connectivity index (χ0) is 23.4. The molecule has 2 atom stereocenters. The highest BCUT2D eigenvalue weighted by molar-refractivity contribution is 6.01. The van der Waals surface area contributed by atoms with Crippen LogP contribution in [-0.2, 0) is 21.7 Å². The van der Waals surface area contributed by atoms with E-state index < -0.39 is 5.54 Å². The van der Waals surface area contributed by atoms with Gasteiger partial charge in [0, 0.05) is 29.9 Å². The molecular formula is C29H27N3O2. The summed E-state index contributed by atoms with van der Waals surface area (Å²) in [5.74, 6) is -0.0530. The maximum atomic E-state index is 14.1. The molecule has 3 heterocycles. The van der Waals surface area contributed by atoms with Gasteiger partial charge in [-0.2, -0.15) is 0 Å². The molecule has 1 N–H and O–H groups in total. The van der Waals surface area contributed by atoms with Crippen molar-refractivity contribution in [2.75, 3.05) is 13.1 Å². The Bertz CT molecular complexity index is 1410.